The van der Waals surface area contributed by atoms with Gasteiger partial charge in [0.25, 0.3) is 0 Å². The zero-order valence-electron chi connectivity index (χ0n) is 12.7. The van der Waals surface area contributed by atoms with E-state index in [1.54, 1.807) is 13.2 Å². The van der Waals surface area contributed by atoms with Gasteiger partial charge in [0.15, 0.2) is 0 Å². The largest absolute Gasteiger partial charge is 0.383 e. The number of methoxy groups -OCH3 is 1. The first kappa shape index (κ1) is 17.0. The molecule has 0 radical (unpaired) electrons. The Morgan fingerprint density at radius 3 is 2.86 bits per heavy atom. The van der Waals surface area contributed by atoms with Gasteiger partial charge in [-0.05, 0) is 17.7 Å². The molecule has 1 aliphatic rings. The highest BCUT2D eigenvalue weighted by atomic mass is 35.5. The van der Waals surface area contributed by atoms with Gasteiger partial charge < -0.3 is 20.1 Å². The van der Waals surface area contributed by atoms with Crippen LogP contribution in [-0.2, 0) is 16.0 Å². The van der Waals surface area contributed by atoms with Crippen molar-refractivity contribution >= 4 is 23.3 Å². The smallest absolute Gasteiger partial charge is 0.319 e. The third kappa shape index (κ3) is 5.46. The number of hydrogen-bond acceptors (Lipinski definition) is 4. The van der Waals surface area contributed by atoms with Crippen LogP contribution in [0.2, 0.25) is 5.02 Å². The summed E-state index contributed by atoms with van der Waals surface area (Å²) in [6.07, 6.45) is 0. The van der Waals surface area contributed by atoms with Crippen molar-refractivity contribution in [3.05, 3.63) is 28.8 Å². The van der Waals surface area contributed by atoms with E-state index in [0.717, 1.165) is 38.4 Å². The first-order valence-corrected chi connectivity index (χ1v) is 7.69. The summed E-state index contributed by atoms with van der Waals surface area (Å²) in [6, 6.07) is 5.31. The van der Waals surface area contributed by atoms with Gasteiger partial charge in [-0.3, -0.25) is 4.90 Å². The number of urea groups is 1. The molecule has 1 saturated heterocycles. The van der Waals surface area contributed by atoms with Crippen molar-refractivity contribution in [3.8, 4) is 0 Å². The third-order valence-electron chi connectivity index (χ3n) is 3.40. The average Bonchev–Trinajstić information content (AvgIpc) is 2.51. The third-order valence-corrected chi connectivity index (χ3v) is 3.75. The Bertz CT molecular complexity index is 493. The molecule has 7 heteroatoms. The van der Waals surface area contributed by atoms with Crippen LogP contribution in [0, 0.1) is 0 Å². The molecule has 0 spiro atoms. The zero-order valence-corrected chi connectivity index (χ0v) is 13.5. The second kappa shape index (κ2) is 8.95. The maximum absolute atomic E-state index is 11.7. The van der Waals surface area contributed by atoms with Gasteiger partial charge in [-0.15, -0.1) is 0 Å². The Morgan fingerprint density at radius 1 is 1.41 bits per heavy atom. The van der Waals surface area contributed by atoms with E-state index in [4.69, 9.17) is 21.1 Å². The molecule has 2 rings (SSSR count). The van der Waals surface area contributed by atoms with Crippen LogP contribution in [0.4, 0.5) is 10.5 Å². The maximum Gasteiger partial charge on any atom is 0.319 e. The Labute approximate surface area is 135 Å². The number of carbonyl (C=O) groups is 1. The number of anilines is 1. The molecule has 1 fully saturated rings. The average molecular weight is 328 g/mol. The van der Waals surface area contributed by atoms with Crippen LogP contribution in [-0.4, -0.2) is 57.5 Å². The standard InChI is InChI=1S/C15H22ClN3O3/c1-21-7-4-17-15(20)18-13-3-2-12(14(16)10-13)11-19-5-8-22-9-6-19/h2-3,10H,4-9,11H2,1H3,(H2,17,18,20). The van der Waals surface area contributed by atoms with Gasteiger partial charge >= 0.3 is 6.03 Å². The van der Waals surface area contributed by atoms with Crippen LogP contribution in [0.5, 0.6) is 0 Å². The molecule has 0 atom stereocenters. The van der Waals surface area contributed by atoms with Gasteiger partial charge in [0.05, 0.1) is 19.8 Å². The number of hydrogen-bond donors (Lipinski definition) is 2. The first-order chi connectivity index (χ1) is 10.7. The van der Waals surface area contributed by atoms with Crippen LogP contribution in [0.1, 0.15) is 5.56 Å². The van der Waals surface area contributed by atoms with Gasteiger partial charge in [0.1, 0.15) is 0 Å². The first-order valence-electron chi connectivity index (χ1n) is 7.31. The molecular weight excluding hydrogens is 306 g/mol. The van der Waals surface area contributed by atoms with Crippen LogP contribution in [0.25, 0.3) is 0 Å². The van der Waals surface area contributed by atoms with Crippen molar-refractivity contribution in [2.24, 2.45) is 0 Å². The molecule has 0 aliphatic carbocycles. The topological polar surface area (TPSA) is 62.8 Å². The van der Waals surface area contributed by atoms with E-state index in [9.17, 15) is 4.79 Å². The summed E-state index contributed by atoms with van der Waals surface area (Å²) in [7, 11) is 1.59. The summed E-state index contributed by atoms with van der Waals surface area (Å²) >= 11 is 6.31. The second-order valence-electron chi connectivity index (χ2n) is 5.07. The molecule has 2 N–H and O–H groups in total. The van der Waals surface area contributed by atoms with Gasteiger partial charge in [0, 0.05) is 44.0 Å². The van der Waals surface area contributed by atoms with Crippen molar-refractivity contribution in [3.63, 3.8) is 0 Å². The molecule has 1 aliphatic heterocycles. The van der Waals surface area contributed by atoms with E-state index < -0.39 is 0 Å². The lowest BCUT2D eigenvalue weighted by molar-refractivity contribution is 0.0342. The molecule has 2 amide bonds. The Morgan fingerprint density at radius 2 is 2.18 bits per heavy atom. The van der Waals surface area contributed by atoms with E-state index >= 15 is 0 Å². The normalized spacial score (nSPS) is 15.5. The number of benzene rings is 1. The minimum Gasteiger partial charge on any atom is -0.383 e. The highest BCUT2D eigenvalue weighted by Crippen LogP contribution is 2.22. The van der Waals surface area contributed by atoms with Gasteiger partial charge in [-0.2, -0.15) is 0 Å². The zero-order chi connectivity index (χ0) is 15.8. The maximum atomic E-state index is 11.7. The number of halogens is 1. The molecule has 1 heterocycles. The predicted molar refractivity (Wildman–Crippen MR) is 86.4 cm³/mol. The van der Waals surface area contributed by atoms with Gasteiger partial charge in [-0.25, -0.2) is 4.79 Å². The van der Waals surface area contributed by atoms with Crippen LogP contribution < -0.4 is 10.6 Å². The number of rotatable bonds is 6. The lowest BCUT2D eigenvalue weighted by Gasteiger charge is -2.27. The highest BCUT2D eigenvalue weighted by molar-refractivity contribution is 6.31. The SMILES string of the molecule is COCCNC(=O)Nc1ccc(CN2CCOCC2)c(Cl)c1. The van der Waals surface area contributed by atoms with Crippen LogP contribution in [0.3, 0.4) is 0 Å². The lowest BCUT2D eigenvalue weighted by Crippen LogP contribution is -2.35. The number of nitrogens with one attached hydrogen (secondary N) is 2. The molecule has 1 aromatic rings. The number of morpholine rings is 1. The number of amides is 2. The van der Waals surface area contributed by atoms with Crippen molar-refractivity contribution in [2.75, 3.05) is 51.9 Å². The molecule has 0 unspecified atom stereocenters. The minimum absolute atomic E-state index is 0.269. The van der Waals surface area contributed by atoms with E-state index in [2.05, 4.69) is 15.5 Å². The van der Waals surface area contributed by atoms with Crippen molar-refractivity contribution in [2.45, 2.75) is 6.54 Å². The molecule has 0 saturated carbocycles. The van der Waals surface area contributed by atoms with E-state index in [1.165, 1.54) is 0 Å². The molecule has 22 heavy (non-hydrogen) atoms. The summed E-state index contributed by atoms with van der Waals surface area (Å²) < 4.78 is 10.2. The second-order valence-corrected chi connectivity index (χ2v) is 5.48. The Kier molecular flexibility index (Phi) is 6.92. The number of ether oxygens (including phenoxy) is 2. The van der Waals surface area contributed by atoms with Crippen molar-refractivity contribution in [1.82, 2.24) is 10.2 Å². The summed E-state index contributed by atoms with van der Waals surface area (Å²) in [6.45, 7) is 5.09. The fraction of sp³-hybridized carbons (Fsp3) is 0.533. The summed E-state index contributed by atoms with van der Waals surface area (Å²) in [5.74, 6) is 0. The Hall–Kier alpha value is -1.34. The molecule has 0 bridgehead atoms. The van der Waals surface area contributed by atoms with Crippen LogP contribution >= 0.6 is 11.6 Å². The summed E-state index contributed by atoms with van der Waals surface area (Å²) in [5.41, 5.74) is 1.72. The molecule has 122 valence electrons. The van der Waals surface area contributed by atoms with E-state index in [0.29, 0.717) is 23.9 Å². The quantitative estimate of drug-likeness (QED) is 0.784. The summed E-state index contributed by atoms with van der Waals surface area (Å²) in [5, 5.41) is 6.09. The number of carbonyl (C=O) groups excluding carboxylic acids is 1. The van der Waals surface area contributed by atoms with Gasteiger partial charge in [-0.1, -0.05) is 17.7 Å². The fourth-order valence-corrected chi connectivity index (χ4v) is 2.44. The fourth-order valence-electron chi connectivity index (χ4n) is 2.20. The highest BCUT2D eigenvalue weighted by Gasteiger charge is 2.13. The molecular formula is C15H22ClN3O3. The van der Waals surface area contributed by atoms with E-state index in [-0.39, 0.29) is 6.03 Å². The van der Waals surface area contributed by atoms with Crippen LogP contribution in [0.15, 0.2) is 18.2 Å². The monoisotopic (exact) mass is 327 g/mol. The minimum atomic E-state index is -0.269. The van der Waals surface area contributed by atoms with Crippen molar-refractivity contribution in [1.29, 1.82) is 0 Å². The summed E-state index contributed by atoms with van der Waals surface area (Å²) in [4.78, 5) is 14.0. The van der Waals surface area contributed by atoms with E-state index in [1.807, 2.05) is 12.1 Å². The van der Waals surface area contributed by atoms with Gasteiger partial charge in [0.2, 0.25) is 0 Å². The molecule has 0 aromatic heterocycles. The predicted octanol–water partition coefficient (Wildman–Crippen LogP) is 1.94. The number of nitrogens with zero attached hydrogens (tertiary/aromatic N) is 1. The molecule has 6 nitrogen and oxygen atoms in total. The lowest BCUT2D eigenvalue weighted by atomic mass is 10.2. The van der Waals surface area contributed by atoms with Crippen molar-refractivity contribution < 1.29 is 14.3 Å². The molecule has 1 aromatic carbocycles. The Balaban J connectivity index is 1.87.